The maximum atomic E-state index is 12.2. The molecule has 0 atom stereocenters. The summed E-state index contributed by atoms with van der Waals surface area (Å²) in [4.78, 5) is 12.2. The molecule has 3 nitrogen and oxygen atoms in total. The van der Waals surface area contributed by atoms with Gasteiger partial charge in [0.2, 0.25) is 0 Å². The fourth-order valence-electron chi connectivity index (χ4n) is 2.10. The molecule has 0 spiro atoms. The van der Waals surface area contributed by atoms with Crippen molar-refractivity contribution in [3.63, 3.8) is 0 Å². The number of nitrogens with zero attached hydrogens (tertiary/aromatic N) is 2. The lowest BCUT2D eigenvalue weighted by atomic mass is 10.1. The first-order valence-electron chi connectivity index (χ1n) is 6.59. The fraction of sp³-hybridized carbons (Fsp3) is 0.0588. The first kappa shape index (κ1) is 13.8. The van der Waals surface area contributed by atoms with Gasteiger partial charge in [0.15, 0.2) is 5.78 Å². The molecule has 0 unspecified atom stereocenters. The Kier molecular flexibility index (Phi) is 3.97. The summed E-state index contributed by atoms with van der Waals surface area (Å²) >= 11 is 3.36. The van der Waals surface area contributed by atoms with Gasteiger partial charge in [-0.15, -0.1) is 0 Å². The number of halogens is 1. The normalized spacial score (nSPS) is 10.5. The number of carbonyl (C=O) groups is 1. The fourth-order valence-corrected chi connectivity index (χ4v) is 2.37. The maximum absolute atomic E-state index is 12.2. The summed E-state index contributed by atoms with van der Waals surface area (Å²) < 4.78 is 2.64. The van der Waals surface area contributed by atoms with E-state index < -0.39 is 0 Å². The van der Waals surface area contributed by atoms with Gasteiger partial charge < -0.3 is 0 Å². The van der Waals surface area contributed by atoms with Crippen molar-refractivity contribution in [2.24, 2.45) is 0 Å². The lowest BCUT2D eigenvalue weighted by Gasteiger charge is -2.01. The molecule has 0 N–H and O–H groups in total. The van der Waals surface area contributed by atoms with Gasteiger partial charge in [0.1, 0.15) is 6.54 Å². The second-order valence-electron chi connectivity index (χ2n) is 4.72. The third-order valence-corrected chi connectivity index (χ3v) is 3.74. The van der Waals surface area contributed by atoms with Crippen molar-refractivity contribution in [2.45, 2.75) is 6.54 Å². The zero-order chi connectivity index (χ0) is 14.7. The Hall–Kier alpha value is -2.20. The van der Waals surface area contributed by atoms with E-state index in [4.69, 9.17) is 0 Å². The van der Waals surface area contributed by atoms with Gasteiger partial charge in [-0.2, -0.15) is 5.10 Å². The third kappa shape index (κ3) is 3.28. The minimum atomic E-state index is 0.0465. The van der Waals surface area contributed by atoms with Gasteiger partial charge in [0, 0.05) is 21.8 Å². The van der Waals surface area contributed by atoms with Gasteiger partial charge in [-0.3, -0.25) is 9.48 Å². The van der Waals surface area contributed by atoms with E-state index in [1.54, 1.807) is 10.9 Å². The molecule has 0 amide bonds. The van der Waals surface area contributed by atoms with Crippen molar-refractivity contribution in [2.75, 3.05) is 0 Å². The highest BCUT2D eigenvalue weighted by atomic mass is 79.9. The number of carbonyl (C=O) groups excluding carboxylic acids is 1. The molecule has 0 aliphatic rings. The van der Waals surface area contributed by atoms with Crippen LogP contribution in [0.5, 0.6) is 0 Å². The van der Waals surface area contributed by atoms with Gasteiger partial charge in [0.25, 0.3) is 0 Å². The van der Waals surface area contributed by atoms with E-state index in [1.165, 1.54) is 0 Å². The van der Waals surface area contributed by atoms with Crippen molar-refractivity contribution in [3.05, 3.63) is 77.0 Å². The summed E-state index contributed by atoms with van der Waals surface area (Å²) in [6, 6.07) is 17.4. The molecule has 21 heavy (non-hydrogen) atoms. The zero-order valence-electron chi connectivity index (χ0n) is 11.2. The summed E-state index contributed by atoms with van der Waals surface area (Å²) in [5.41, 5.74) is 2.80. The Balaban J connectivity index is 1.75. The number of benzene rings is 2. The van der Waals surface area contributed by atoms with Crippen LogP contribution in [0.15, 0.2) is 71.5 Å². The number of rotatable bonds is 4. The van der Waals surface area contributed by atoms with Gasteiger partial charge in [-0.05, 0) is 17.7 Å². The standard InChI is InChI=1S/C17H13BrN2O/c18-16-8-6-14(7-9-16)17(21)12-20-11-15(10-19-20)13-4-2-1-3-5-13/h1-11H,12H2. The van der Waals surface area contributed by atoms with E-state index >= 15 is 0 Å². The monoisotopic (exact) mass is 340 g/mol. The zero-order valence-corrected chi connectivity index (χ0v) is 12.8. The third-order valence-electron chi connectivity index (χ3n) is 3.21. The minimum Gasteiger partial charge on any atom is -0.292 e. The average Bonchev–Trinajstić information content (AvgIpc) is 2.97. The molecule has 0 saturated heterocycles. The predicted octanol–water partition coefficient (Wildman–Crippen LogP) is 4.20. The molecule has 4 heteroatoms. The van der Waals surface area contributed by atoms with E-state index in [9.17, 15) is 4.79 Å². The van der Waals surface area contributed by atoms with Crippen LogP contribution in [-0.4, -0.2) is 15.6 Å². The molecular formula is C17H13BrN2O. The van der Waals surface area contributed by atoms with Crippen molar-refractivity contribution < 1.29 is 4.79 Å². The summed E-state index contributed by atoms with van der Waals surface area (Å²) in [5.74, 6) is 0.0465. The lowest BCUT2D eigenvalue weighted by molar-refractivity contribution is 0.0967. The number of ketones is 1. The number of hydrogen-bond acceptors (Lipinski definition) is 2. The number of hydrogen-bond donors (Lipinski definition) is 0. The summed E-state index contributed by atoms with van der Waals surface area (Å²) in [6.45, 7) is 0.245. The smallest absolute Gasteiger partial charge is 0.184 e. The first-order chi connectivity index (χ1) is 10.2. The number of Topliss-reactive ketones (excluding diaryl/α,β-unsaturated/α-hetero) is 1. The SMILES string of the molecule is O=C(Cn1cc(-c2ccccc2)cn1)c1ccc(Br)cc1. The van der Waals surface area contributed by atoms with Crippen molar-refractivity contribution >= 4 is 21.7 Å². The average molecular weight is 341 g/mol. The minimum absolute atomic E-state index is 0.0465. The number of aromatic nitrogens is 2. The highest BCUT2D eigenvalue weighted by molar-refractivity contribution is 9.10. The molecule has 1 aromatic heterocycles. The van der Waals surface area contributed by atoms with Gasteiger partial charge in [-0.1, -0.05) is 58.4 Å². The van der Waals surface area contributed by atoms with Crippen molar-refractivity contribution in [1.29, 1.82) is 0 Å². The van der Waals surface area contributed by atoms with Crippen LogP contribution in [0, 0.1) is 0 Å². The Morgan fingerprint density at radius 2 is 1.71 bits per heavy atom. The largest absolute Gasteiger partial charge is 0.292 e. The molecule has 1 heterocycles. The van der Waals surface area contributed by atoms with Gasteiger partial charge >= 0.3 is 0 Å². The Morgan fingerprint density at radius 3 is 2.43 bits per heavy atom. The molecule has 0 bridgehead atoms. The molecule has 104 valence electrons. The van der Waals surface area contributed by atoms with Crippen LogP contribution in [0.1, 0.15) is 10.4 Å². The summed E-state index contributed by atoms with van der Waals surface area (Å²) in [7, 11) is 0. The summed E-state index contributed by atoms with van der Waals surface area (Å²) in [6.07, 6.45) is 3.68. The summed E-state index contributed by atoms with van der Waals surface area (Å²) in [5, 5.41) is 4.26. The maximum Gasteiger partial charge on any atom is 0.184 e. The second-order valence-corrected chi connectivity index (χ2v) is 5.64. The van der Waals surface area contributed by atoms with Crippen molar-refractivity contribution in [1.82, 2.24) is 9.78 Å². The highest BCUT2D eigenvalue weighted by Crippen LogP contribution is 2.18. The van der Waals surface area contributed by atoms with Crippen LogP contribution in [0.4, 0.5) is 0 Å². The van der Waals surface area contributed by atoms with E-state index in [0.717, 1.165) is 15.6 Å². The van der Waals surface area contributed by atoms with E-state index in [-0.39, 0.29) is 12.3 Å². The quantitative estimate of drug-likeness (QED) is 0.667. The van der Waals surface area contributed by atoms with Crippen LogP contribution >= 0.6 is 15.9 Å². The second kappa shape index (κ2) is 6.06. The topological polar surface area (TPSA) is 34.9 Å². The van der Waals surface area contributed by atoms with Gasteiger partial charge in [0.05, 0.1) is 6.20 Å². The van der Waals surface area contributed by atoms with Crippen LogP contribution in [0.3, 0.4) is 0 Å². The van der Waals surface area contributed by atoms with E-state index in [1.807, 2.05) is 60.8 Å². The molecule has 3 aromatic rings. The first-order valence-corrected chi connectivity index (χ1v) is 7.38. The van der Waals surface area contributed by atoms with E-state index in [2.05, 4.69) is 21.0 Å². The molecule has 0 aliphatic heterocycles. The molecule has 0 saturated carbocycles. The molecule has 0 fully saturated rings. The lowest BCUT2D eigenvalue weighted by Crippen LogP contribution is -2.10. The van der Waals surface area contributed by atoms with Crippen molar-refractivity contribution in [3.8, 4) is 11.1 Å². The van der Waals surface area contributed by atoms with Gasteiger partial charge in [-0.25, -0.2) is 0 Å². The molecule has 3 rings (SSSR count). The van der Waals surface area contributed by atoms with Crippen LogP contribution in [0.2, 0.25) is 0 Å². The van der Waals surface area contributed by atoms with Crippen LogP contribution in [-0.2, 0) is 6.54 Å². The molecule has 0 radical (unpaired) electrons. The Morgan fingerprint density at radius 1 is 1.00 bits per heavy atom. The van der Waals surface area contributed by atoms with Crippen LogP contribution in [0.25, 0.3) is 11.1 Å². The van der Waals surface area contributed by atoms with Crippen LogP contribution < -0.4 is 0 Å². The van der Waals surface area contributed by atoms with E-state index in [0.29, 0.717) is 5.56 Å². The molecule has 2 aromatic carbocycles. The predicted molar refractivity (Wildman–Crippen MR) is 86.1 cm³/mol. The Bertz CT molecular complexity index is 748. The molecular weight excluding hydrogens is 328 g/mol. The highest BCUT2D eigenvalue weighted by Gasteiger charge is 2.08. The Labute approximate surface area is 131 Å². The molecule has 0 aliphatic carbocycles.